The third-order valence-electron chi connectivity index (χ3n) is 13.1. The van der Waals surface area contributed by atoms with Gasteiger partial charge in [0.05, 0.1) is 18.4 Å². The highest BCUT2D eigenvalue weighted by atomic mass is 16.7. The van der Waals surface area contributed by atoms with E-state index < -0.39 is 37.3 Å². The molecule has 9 heteroatoms. The molecule has 0 bridgehead atoms. The fourth-order valence-electron chi connectivity index (χ4n) is 10.8. The number of aliphatic hydroxyl groups is 4. The molecule has 0 aromatic heterocycles. The number of rotatable bonds is 5. The van der Waals surface area contributed by atoms with Gasteiger partial charge in [-0.1, -0.05) is 27.7 Å². The van der Waals surface area contributed by atoms with Gasteiger partial charge in [0, 0.05) is 31.2 Å². The van der Waals surface area contributed by atoms with E-state index in [0.717, 1.165) is 50.8 Å². The Kier molecular flexibility index (Phi) is 8.27. The molecule has 4 aliphatic carbocycles. The number of hydrogen-bond donors (Lipinski definition) is 4. The van der Waals surface area contributed by atoms with Gasteiger partial charge in [-0.05, 0) is 85.4 Å². The highest BCUT2D eigenvalue weighted by Crippen LogP contribution is 2.68. The van der Waals surface area contributed by atoms with Crippen molar-refractivity contribution in [2.45, 2.75) is 122 Å². The van der Waals surface area contributed by atoms with E-state index in [9.17, 15) is 30.0 Å². The van der Waals surface area contributed by atoms with E-state index in [2.05, 4.69) is 27.7 Å². The molecule has 0 spiro atoms. The summed E-state index contributed by atoms with van der Waals surface area (Å²) in [7, 11) is 0. The number of fused-ring (bicyclic) bond motifs is 5. The summed E-state index contributed by atoms with van der Waals surface area (Å²) in [5, 5.41) is 40.3. The first-order valence-electron chi connectivity index (χ1n) is 16.4. The van der Waals surface area contributed by atoms with Gasteiger partial charge in [0.25, 0.3) is 0 Å². The number of carbonyl (C=O) groups is 2. The lowest BCUT2D eigenvalue weighted by atomic mass is 9.44. The van der Waals surface area contributed by atoms with Gasteiger partial charge < -0.3 is 29.9 Å². The number of ether oxygens (including phenoxy) is 2. The molecule has 4 saturated carbocycles. The summed E-state index contributed by atoms with van der Waals surface area (Å²) >= 11 is 0. The first-order valence-corrected chi connectivity index (χ1v) is 16.4. The standard InChI is InChI=1S/C33H51NO8/c1-16-11-25(37)27(34-14-16)17(2)20-5-6-21-19-13-24(36)23-12-18(7-9-33(23,4)22(19)8-10-32(20,21)3)41-31-30(40)29(39)28(38)26(15-35)42-31/h16-23,26,28-31,35,38-40H,5-15H2,1-4H3. The summed E-state index contributed by atoms with van der Waals surface area (Å²) in [4.78, 5) is 31.6. The molecule has 236 valence electrons. The Morgan fingerprint density at radius 3 is 2.40 bits per heavy atom. The quantitative estimate of drug-likeness (QED) is 0.358. The fraction of sp³-hybridized carbons (Fsp3) is 0.909. The first-order chi connectivity index (χ1) is 19.9. The molecule has 0 amide bonds. The number of ketones is 2. The molecule has 2 aliphatic heterocycles. The van der Waals surface area contributed by atoms with E-state index in [1.807, 2.05) is 0 Å². The maximum atomic E-state index is 13.9. The summed E-state index contributed by atoms with van der Waals surface area (Å²) in [6.07, 6.45) is 0.907. The first kappa shape index (κ1) is 30.8. The van der Waals surface area contributed by atoms with Gasteiger partial charge in [0.2, 0.25) is 0 Å². The zero-order valence-electron chi connectivity index (χ0n) is 25.7. The van der Waals surface area contributed by atoms with Crippen LogP contribution in [0.5, 0.6) is 0 Å². The smallest absolute Gasteiger partial charge is 0.186 e. The molecule has 0 aromatic rings. The van der Waals surface area contributed by atoms with Crippen molar-refractivity contribution in [2.75, 3.05) is 13.2 Å². The highest BCUT2D eigenvalue weighted by Gasteiger charge is 2.63. The summed E-state index contributed by atoms with van der Waals surface area (Å²) in [6, 6.07) is 0. The van der Waals surface area contributed by atoms with Crippen molar-refractivity contribution in [3.05, 3.63) is 0 Å². The molecular weight excluding hydrogens is 538 g/mol. The van der Waals surface area contributed by atoms with E-state index in [1.165, 1.54) is 0 Å². The van der Waals surface area contributed by atoms with Crippen LogP contribution in [0, 0.1) is 52.3 Å². The minimum absolute atomic E-state index is 0.110. The van der Waals surface area contributed by atoms with Gasteiger partial charge in [0.1, 0.15) is 30.2 Å². The van der Waals surface area contributed by atoms with Crippen LogP contribution in [0.1, 0.15) is 85.5 Å². The Morgan fingerprint density at radius 2 is 1.69 bits per heavy atom. The summed E-state index contributed by atoms with van der Waals surface area (Å²) in [5.74, 6) is 2.63. The zero-order valence-corrected chi connectivity index (χ0v) is 25.7. The Bertz CT molecular complexity index is 1090. The van der Waals surface area contributed by atoms with Gasteiger partial charge in [-0.3, -0.25) is 14.6 Å². The molecule has 9 nitrogen and oxygen atoms in total. The molecule has 15 atom stereocenters. The Labute approximate surface area is 249 Å². The topological polar surface area (TPSA) is 146 Å². The number of nitrogens with zero attached hydrogens (tertiary/aromatic N) is 1. The Balaban J connectivity index is 1.15. The molecule has 15 unspecified atom stereocenters. The maximum absolute atomic E-state index is 13.9. The largest absolute Gasteiger partial charge is 0.394 e. The van der Waals surface area contributed by atoms with Crippen LogP contribution < -0.4 is 0 Å². The van der Waals surface area contributed by atoms with Crippen molar-refractivity contribution in [1.29, 1.82) is 0 Å². The molecule has 1 saturated heterocycles. The lowest BCUT2D eigenvalue weighted by molar-refractivity contribution is -0.315. The number of aliphatic hydroxyl groups excluding tert-OH is 4. The molecular formula is C33H51NO8. The molecule has 0 radical (unpaired) electrons. The minimum atomic E-state index is -1.48. The van der Waals surface area contributed by atoms with E-state index in [1.54, 1.807) is 0 Å². The van der Waals surface area contributed by atoms with Crippen LogP contribution in [0.15, 0.2) is 4.99 Å². The Morgan fingerprint density at radius 1 is 0.976 bits per heavy atom. The van der Waals surface area contributed by atoms with E-state index in [4.69, 9.17) is 14.5 Å². The van der Waals surface area contributed by atoms with Gasteiger partial charge >= 0.3 is 0 Å². The second kappa shape index (κ2) is 11.3. The zero-order chi connectivity index (χ0) is 30.1. The molecule has 6 aliphatic rings. The number of Topliss-reactive ketones (excluding diaryl/α,β-unsaturated/α-hetero) is 2. The molecule has 0 aromatic carbocycles. The Hall–Kier alpha value is -1.23. The molecule has 5 fully saturated rings. The van der Waals surface area contributed by atoms with E-state index in [0.29, 0.717) is 54.6 Å². The van der Waals surface area contributed by atoms with Crippen LogP contribution in [0.4, 0.5) is 0 Å². The van der Waals surface area contributed by atoms with Gasteiger partial charge in [-0.25, -0.2) is 0 Å². The summed E-state index contributed by atoms with van der Waals surface area (Å²) in [5.41, 5.74) is 0.811. The van der Waals surface area contributed by atoms with Gasteiger partial charge in [-0.15, -0.1) is 0 Å². The molecule has 42 heavy (non-hydrogen) atoms. The average Bonchev–Trinajstić information content (AvgIpc) is 3.31. The summed E-state index contributed by atoms with van der Waals surface area (Å²) in [6.45, 7) is 9.31. The molecule has 4 N–H and O–H groups in total. The second-order valence-electron chi connectivity index (χ2n) is 15.3. The van der Waals surface area contributed by atoms with Crippen molar-refractivity contribution in [3.63, 3.8) is 0 Å². The average molecular weight is 590 g/mol. The normalized spacial score (nSPS) is 51.8. The van der Waals surface area contributed by atoms with Crippen LogP contribution in [0.25, 0.3) is 0 Å². The van der Waals surface area contributed by atoms with Crippen LogP contribution in [-0.4, -0.2) is 87.7 Å². The minimum Gasteiger partial charge on any atom is -0.394 e. The predicted molar refractivity (Wildman–Crippen MR) is 155 cm³/mol. The number of aliphatic imine (C=N–C) groups is 1. The van der Waals surface area contributed by atoms with Crippen molar-refractivity contribution in [2.24, 2.45) is 57.2 Å². The van der Waals surface area contributed by atoms with E-state index in [-0.39, 0.29) is 34.6 Å². The van der Waals surface area contributed by atoms with Crippen LogP contribution in [0.2, 0.25) is 0 Å². The van der Waals surface area contributed by atoms with Crippen molar-refractivity contribution < 1.29 is 39.5 Å². The van der Waals surface area contributed by atoms with Crippen LogP contribution in [0.3, 0.4) is 0 Å². The van der Waals surface area contributed by atoms with Crippen molar-refractivity contribution >= 4 is 17.3 Å². The van der Waals surface area contributed by atoms with Crippen LogP contribution >= 0.6 is 0 Å². The van der Waals surface area contributed by atoms with Crippen molar-refractivity contribution in [3.8, 4) is 0 Å². The lowest BCUT2D eigenvalue weighted by Crippen LogP contribution is -2.61. The maximum Gasteiger partial charge on any atom is 0.186 e. The van der Waals surface area contributed by atoms with Gasteiger partial charge in [-0.2, -0.15) is 0 Å². The monoisotopic (exact) mass is 589 g/mol. The predicted octanol–water partition coefficient (Wildman–Crippen LogP) is 2.70. The van der Waals surface area contributed by atoms with E-state index >= 15 is 0 Å². The highest BCUT2D eigenvalue weighted by molar-refractivity contribution is 6.41. The number of hydrogen-bond acceptors (Lipinski definition) is 9. The fourth-order valence-corrected chi connectivity index (χ4v) is 10.8. The summed E-state index contributed by atoms with van der Waals surface area (Å²) < 4.78 is 11.7. The molecule has 6 rings (SSSR count). The van der Waals surface area contributed by atoms with Crippen molar-refractivity contribution in [1.82, 2.24) is 0 Å². The van der Waals surface area contributed by atoms with Crippen LogP contribution in [-0.2, 0) is 19.1 Å². The third-order valence-corrected chi connectivity index (χ3v) is 13.1. The molecule has 2 heterocycles. The number of carbonyl (C=O) groups excluding carboxylic acids is 2. The lowest BCUT2D eigenvalue weighted by Gasteiger charge is -2.60. The second-order valence-corrected chi connectivity index (χ2v) is 15.3. The van der Waals surface area contributed by atoms with Gasteiger partial charge in [0.15, 0.2) is 12.1 Å². The SMILES string of the molecule is CC1CN=C(C(C)C2CCC3C4CC(=O)C5CC(OC6OC(CO)C(O)C(O)C6O)CCC5(C)C4CCC23C)C(=O)C1. The third kappa shape index (κ3) is 4.85.